The molecule has 10 heteroatoms. The van der Waals surface area contributed by atoms with Crippen molar-refractivity contribution >= 4 is 15.9 Å². The molecule has 0 saturated carbocycles. The number of carbonyl (C=O) groups is 1. The van der Waals surface area contributed by atoms with Crippen LogP contribution in [0.2, 0.25) is 0 Å². The van der Waals surface area contributed by atoms with Gasteiger partial charge in [-0.05, 0) is 26.2 Å². The number of hydrogen-bond donors (Lipinski definition) is 0. The van der Waals surface area contributed by atoms with Crippen LogP contribution in [0.3, 0.4) is 0 Å². The van der Waals surface area contributed by atoms with E-state index >= 15 is 0 Å². The largest absolute Gasteiger partial charge is 0.450 e. The molecule has 0 radical (unpaired) electrons. The third-order valence-corrected chi connectivity index (χ3v) is 7.17. The van der Waals surface area contributed by atoms with Crippen molar-refractivity contribution in [3.8, 4) is 0 Å². The van der Waals surface area contributed by atoms with Crippen molar-refractivity contribution in [3.05, 3.63) is 11.9 Å². The van der Waals surface area contributed by atoms with E-state index in [2.05, 4.69) is 9.88 Å². The second-order valence-corrected chi connectivity index (χ2v) is 9.56. The van der Waals surface area contributed by atoms with Crippen molar-refractivity contribution in [3.63, 3.8) is 0 Å². The Morgan fingerprint density at radius 1 is 1.28 bits per heavy atom. The highest BCUT2D eigenvalue weighted by atomic mass is 32.2. The Bertz CT molecular complexity index is 781. The molecule has 2 aliphatic heterocycles. The highest BCUT2D eigenvalue weighted by molar-refractivity contribution is 7.91. The fraction of sp³-hybridized carbons (Fsp3) is 0.789. The van der Waals surface area contributed by atoms with Crippen LogP contribution >= 0.6 is 0 Å². The molecule has 2 fully saturated rings. The number of nitrogens with zero attached hydrogens (tertiary/aromatic N) is 4. The Balaban J connectivity index is 1.72. The normalized spacial score (nSPS) is 20.9. The topological polar surface area (TPSA) is 94.0 Å². The summed E-state index contributed by atoms with van der Waals surface area (Å²) in [7, 11) is -3.42. The lowest BCUT2D eigenvalue weighted by atomic mass is 10.2. The predicted molar refractivity (Wildman–Crippen MR) is 107 cm³/mol. The molecular formula is C19H32N4O5S. The van der Waals surface area contributed by atoms with Crippen LogP contribution in [0.25, 0.3) is 0 Å². The predicted octanol–water partition coefficient (Wildman–Crippen LogP) is 1.52. The highest BCUT2D eigenvalue weighted by Gasteiger charge is 2.28. The fourth-order valence-corrected chi connectivity index (χ4v) is 5.31. The zero-order valence-electron chi connectivity index (χ0n) is 17.4. The molecule has 0 N–H and O–H groups in total. The third-order valence-electron chi connectivity index (χ3n) is 5.35. The molecule has 1 aromatic rings. The minimum Gasteiger partial charge on any atom is -0.450 e. The number of amides is 1. The molecule has 0 aliphatic carbocycles. The summed E-state index contributed by atoms with van der Waals surface area (Å²) in [6.07, 6.45) is 3.92. The Kier molecular flexibility index (Phi) is 7.53. The van der Waals surface area contributed by atoms with E-state index in [1.165, 1.54) is 0 Å². The van der Waals surface area contributed by atoms with Gasteiger partial charge in [0.1, 0.15) is 0 Å². The van der Waals surface area contributed by atoms with Crippen LogP contribution in [-0.4, -0.2) is 85.1 Å². The van der Waals surface area contributed by atoms with E-state index in [-0.39, 0.29) is 23.1 Å². The lowest BCUT2D eigenvalue weighted by Crippen LogP contribution is -2.48. The van der Waals surface area contributed by atoms with Crippen molar-refractivity contribution in [2.45, 2.75) is 57.5 Å². The van der Waals surface area contributed by atoms with E-state index in [1.54, 1.807) is 18.0 Å². The number of imidazole rings is 1. The van der Waals surface area contributed by atoms with Crippen molar-refractivity contribution in [1.29, 1.82) is 0 Å². The van der Waals surface area contributed by atoms with Gasteiger partial charge >= 0.3 is 6.09 Å². The molecular weight excluding hydrogens is 396 g/mol. The van der Waals surface area contributed by atoms with Gasteiger partial charge in [-0.15, -0.1) is 0 Å². The number of carbonyl (C=O) groups excluding carboxylic acids is 1. The molecule has 2 saturated heterocycles. The first-order chi connectivity index (χ1) is 13.9. The molecule has 2 aliphatic rings. The van der Waals surface area contributed by atoms with E-state index < -0.39 is 9.84 Å². The molecule has 0 spiro atoms. The lowest BCUT2D eigenvalue weighted by Gasteiger charge is -2.34. The Morgan fingerprint density at radius 3 is 2.66 bits per heavy atom. The van der Waals surface area contributed by atoms with E-state index in [4.69, 9.17) is 9.47 Å². The minimum absolute atomic E-state index is 0.0270. The monoisotopic (exact) mass is 428 g/mol. The van der Waals surface area contributed by atoms with E-state index in [0.717, 1.165) is 25.1 Å². The number of sulfone groups is 1. The van der Waals surface area contributed by atoms with Gasteiger partial charge in [0.05, 0.1) is 36.9 Å². The van der Waals surface area contributed by atoms with Crippen LogP contribution < -0.4 is 0 Å². The SMILES string of the molecule is CCCS(=O)(=O)c1ncc(CN2CCN(C(=O)OCC)CC2)n1C[C@@H]1CCCO1. The van der Waals surface area contributed by atoms with E-state index in [1.807, 2.05) is 11.5 Å². The van der Waals surface area contributed by atoms with Gasteiger partial charge < -0.3 is 18.9 Å². The van der Waals surface area contributed by atoms with Crippen LogP contribution in [0.4, 0.5) is 4.79 Å². The first-order valence-corrected chi connectivity index (χ1v) is 12.1. The maximum Gasteiger partial charge on any atom is 0.409 e. The molecule has 9 nitrogen and oxygen atoms in total. The van der Waals surface area contributed by atoms with Gasteiger partial charge in [-0.3, -0.25) is 4.90 Å². The quantitative estimate of drug-likeness (QED) is 0.620. The van der Waals surface area contributed by atoms with Crippen molar-refractivity contribution < 1.29 is 22.7 Å². The molecule has 0 unspecified atom stereocenters. The Morgan fingerprint density at radius 2 is 2.03 bits per heavy atom. The first-order valence-electron chi connectivity index (χ1n) is 10.5. The Hall–Kier alpha value is -1.65. The molecule has 1 aromatic heterocycles. The average Bonchev–Trinajstić information content (AvgIpc) is 3.34. The van der Waals surface area contributed by atoms with Gasteiger partial charge in [0.25, 0.3) is 0 Å². The molecule has 0 aromatic carbocycles. The van der Waals surface area contributed by atoms with Crippen molar-refractivity contribution in [2.75, 3.05) is 45.1 Å². The van der Waals surface area contributed by atoms with Gasteiger partial charge in [0.15, 0.2) is 0 Å². The first kappa shape index (κ1) is 22.0. The maximum absolute atomic E-state index is 12.7. The summed E-state index contributed by atoms with van der Waals surface area (Å²) in [5, 5.41) is 0.148. The molecule has 29 heavy (non-hydrogen) atoms. The number of ether oxygens (including phenoxy) is 2. The number of rotatable bonds is 8. The third kappa shape index (κ3) is 5.49. The van der Waals surface area contributed by atoms with Crippen LogP contribution in [0.15, 0.2) is 11.4 Å². The maximum atomic E-state index is 12.7. The summed E-state index contributed by atoms with van der Waals surface area (Å²) < 4.78 is 38.1. The molecule has 3 rings (SSSR count). The highest BCUT2D eigenvalue weighted by Crippen LogP contribution is 2.21. The van der Waals surface area contributed by atoms with Gasteiger partial charge in [0.2, 0.25) is 15.0 Å². The molecule has 1 amide bonds. The summed E-state index contributed by atoms with van der Waals surface area (Å²) in [6.45, 7) is 8.47. The van der Waals surface area contributed by atoms with Crippen LogP contribution in [0.5, 0.6) is 0 Å². The molecule has 1 atom stereocenters. The zero-order valence-corrected chi connectivity index (χ0v) is 18.2. The van der Waals surface area contributed by atoms with Crippen molar-refractivity contribution in [2.24, 2.45) is 0 Å². The van der Waals surface area contributed by atoms with Crippen LogP contribution in [-0.2, 0) is 32.4 Å². The summed E-state index contributed by atoms with van der Waals surface area (Å²) in [5.41, 5.74) is 0.875. The van der Waals surface area contributed by atoms with Gasteiger partial charge in [0, 0.05) is 39.3 Å². The summed E-state index contributed by atoms with van der Waals surface area (Å²) in [6, 6.07) is 0. The van der Waals surface area contributed by atoms with Crippen LogP contribution in [0.1, 0.15) is 38.8 Å². The second-order valence-electron chi connectivity index (χ2n) is 7.56. The average molecular weight is 429 g/mol. The van der Waals surface area contributed by atoms with Gasteiger partial charge in [-0.2, -0.15) is 0 Å². The van der Waals surface area contributed by atoms with Crippen molar-refractivity contribution in [1.82, 2.24) is 19.4 Å². The van der Waals surface area contributed by atoms with E-state index in [0.29, 0.717) is 52.3 Å². The standard InChI is InChI=1S/C19H32N4O5S/c1-3-12-29(25,26)18-20-13-16(23(18)15-17-6-5-11-28-17)14-21-7-9-22(10-8-21)19(24)27-4-2/h13,17H,3-12,14-15H2,1-2H3/t17-/m0/s1. The molecule has 164 valence electrons. The van der Waals surface area contributed by atoms with Gasteiger partial charge in [-0.25, -0.2) is 18.2 Å². The van der Waals surface area contributed by atoms with Crippen LogP contribution in [0, 0.1) is 0 Å². The molecule has 3 heterocycles. The summed E-state index contributed by atoms with van der Waals surface area (Å²) in [5.74, 6) is 0.0905. The summed E-state index contributed by atoms with van der Waals surface area (Å²) in [4.78, 5) is 20.1. The number of hydrogen-bond acceptors (Lipinski definition) is 7. The zero-order chi connectivity index (χ0) is 20.9. The lowest BCUT2D eigenvalue weighted by molar-refractivity contribution is 0.0753. The minimum atomic E-state index is -3.42. The summed E-state index contributed by atoms with van der Waals surface area (Å²) >= 11 is 0. The molecule has 0 bridgehead atoms. The smallest absolute Gasteiger partial charge is 0.409 e. The fourth-order valence-electron chi connectivity index (χ4n) is 3.85. The van der Waals surface area contributed by atoms with E-state index in [9.17, 15) is 13.2 Å². The van der Waals surface area contributed by atoms with Gasteiger partial charge in [-0.1, -0.05) is 6.92 Å². The number of piperazine rings is 1. The Labute approximate surface area is 172 Å². The number of aromatic nitrogens is 2. The second kappa shape index (κ2) is 9.90.